The second-order valence-corrected chi connectivity index (χ2v) is 2.30. The van der Waals surface area contributed by atoms with E-state index in [1.54, 1.807) is 6.07 Å². The first-order valence-electron chi connectivity index (χ1n) is 3.99. The molecule has 80 valence electrons. The number of carbonyl (C=O) groups excluding carboxylic acids is 2. The SMILES string of the molecule is N#COC(=O)/C=C/C(=O)Oc1ncccn1. The van der Waals surface area contributed by atoms with Gasteiger partial charge in [-0.2, -0.15) is 0 Å². The topological polar surface area (TPSA) is 102 Å². The van der Waals surface area contributed by atoms with Crippen molar-refractivity contribution in [1.82, 2.24) is 9.97 Å². The minimum absolute atomic E-state index is 0.134. The molecule has 0 bridgehead atoms. The van der Waals surface area contributed by atoms with Crippen LogP contribution in [0.15, 0.2) is 30.6 Å². The number of nitriles is 1. The van der Waals surface area contributed by atoms with Crippen molar-refractivity contribution >= 4 is 11.9 Å². The zero-order valence-corrected chi connectivity index (χ0v) is 7.86. The van der Waals surface area contributed by atoms with Crippen LogP contribution in [0.5, 0.6) is 6.01 Å². The van der Waals surface area contributed by atoms with Crippen LogP contribution in [0.1, 0.15) is 0 Å². The van der Waals surface area contributed by atoms with E-state index < -0.39 is 11.9 Å². The third-order valence-electron chi connectivity index (χ3n) is 1.24. The van der Waals surface area contributed by atoms with Gasteiger partial charge in [0, 0.05) is 24.5 Å². The molecule has 0 saturated carbocycles. The second-order valence-electron chi connectivity index (χ2n) is 2.30. The smallest absolute Gasteiger partial charge is 0.346 e. The Morgan fingerprint density at radius 2 is 1.88 bits per heavy atom. The lowest BCUT2D eigenvalue weighted by atomic mass is 10.5. The van der Waals surface area contributed by atoms with Crippen molar-refractivity contribution < 1.29 is 19.1 Å². The molecule has 7 nitrogen and oxygen atoms in total. The van der Waals surface area contributed by atoms with Gasteiger partial charge < -0.3 is 9.47 Å². The molecule has 0 spiro atoms. The quantitative estimate of drug-likeness (QED) is 0.399. The summed E-state index contributed by atoms with van der Waals surface area (Å²) in [4.78, 5) is 28.9. The molecule has 0 saturated heterocycles. The highest BCUT2D eigenvalue weighted by Gasteiger charge is 2.03. The second kappa shape index (κ2) is 5.87. The Balaban J connectivity index is 2.49. The number of esters is 2. The third-order valence-corrected chi connectivity index (χ3v) is 1.24. The van der Waals surface area contributed by atoms with Crippen molar-refractivity contribution in [3.63, 3.8) is 0 Å². The third kappa shape index (κ3) is 3.97. The molecule has 0 aliphatic carbocycles. The lowest BCUT2D eigenvalue weighted by Crippen LogP contribution is -2.07. The molecule has 0 aliphatic heterocycles. The zero-order chi connectivity index (χ0) is 11.8. The maximum atomic E-state index is 11.0. The van der Waals surface area contributed by atoms with Crippen molar-refractivity contribution in [2.45, 2.75) is 0 Å². The van der Waals surface area contributed by atoms with E-state index in [1.807, 2.05) is 0 Å². The Labute approximate surface area is 89.9 Å². The van der Waals surface area contributed by atoms with E-state index in [0.717, 1.165) is 18.4 Å². The van der Waals surface area contributed by atoms with E-state index in [4.69, 9.17) is 5.26 Å². The normalized spacial score (nSPS) is 9.44. The number of ether oxygens (including phenoxy) is 2. The molecule has 0 fully saturated rings. The van der Waals surface area contributed by atoms with Crippen LogP contribution in [0.25, 0.3) is 0 Å². The average molecular weight is 219 g/mol. The largest absolute Gasteiger partial charge is 0.388 e. The molecule has 7 heteroatoms. The van der Waals surface area contributed by atoms with Crippen molar-refractivity contribution in [3.8, 4) is 12.3 Å². The Morgan fingerprint density at radius 1 is 1.25 bits per heavy atom. The molecule has 0 amide bonds. The van der Waals surface area contributed by atoms with Gasteiger partial charge in [-0.1, -0.05) is 0 Å². The lowest BCUT2D eigenvalue weighted by molar-refractivity contribution is -0.133. The standard InChI is InChI=1S/C9H5N3O4/c10-6-15-7(13)2-3-8(14)16-9-11-4-1-5-12-9/h1-5H/b3-2+. The molecular weight excluding hydrogens is 214 g/mol. The monoisotopic (exact) mass is 219 g/mol. The van der Waals surface area contributed by atoms with Crippen LogP contribution in [0.3, 0.4) is 0 Å². The summed E-state index contributed by atoms with van der Waals surface area (Å²) in [5.74, 6) is -1.81. The van der Waals surface area contributed by atoms with Gasteiger partial charge >= 0.3 is 17.9 Å². The van der Waals surface area contributed by atoms with Crippen molar-refractivity contribution in [2.24, 2.45) is 0 Å². The summed E-state index contributed by atoms with van der Waals surface area (Å²) in [5.41, 5.74) is 0. The minimum atomic E-state index is -0.964. The molecule has 1 aromatic heterocycles. The summed E-state index contributed by atoms with van der Waals surface area (Å²) >= 11 is 0. The highest BCUT2D eigenvalue weighted by molar-refractivity contribution is 5.92. The number of carbonyl (C=O) groups is 2. The van der Waals surface area contributed by atoms with Gasteiger partial charge in [-0.25, -0.2) is 19.6 Å². The molecular formula is C9H5N3O4. The maximum Gasteiger partial charge on any atom is 0.346 e. The Morgan fingerprint density at radius 3 is 2.50 bits per heavy atom. The summed E-state index contributed by atoms with van der Waals surface area (Å²) < 4.78 is 8.49. The van der Waals surface area contributed by atoms with Crippen LogP contribution in [-0.2, 0) is 14.3 Å². The summed E-state index contributed by atoms with van der Waals surface area (Å²) in [7, 11) is 0. The van der Waals surface area contributed by atoms with Crippen LogP contribution in [0.4, 0.5) is 0 Å². The first-order valence-corrected chi connectivity index (χ1v) is 3.99. The van der Waals surface area contributed by atoms with Crippen LogP contribution < -0.4 is 4.74 Å². The number of nitrogens with zero attached hydrogens (tertiary/aromatic N) is 3. The van der Waals surface area contributed by atoms with Crippen LogP contribution in [0.2, 0.25) is 0 Å². The summed E-state index contributed by atoms with van der Waals surface area (Å²) in [5, 5.41) is 7.97. The molecule has 1 rings (SSSR count). The predicted octanol–water partition coefficient (Wildman–Crippen LogP) is -0.0375. The van der Waals surface area contributed by atoms with Gasteiger partial charge in [0.1, 0.15) is 0 Å². The first kappa shape index (κ1) is 11.3. The molecule has 0 radical (unpaired) electrons. The number of rotatable bonds is 3. The molecule has 16 heavy (non-hydrogen) atoms. The van der Waals surface area contributed by atoms with E-state index in [-0.39, 0.29) is 6.01 Å². The Kier molecular flexibility index (Phi) is 4.16. The van der Waals surface area contributed by atoms with E-state index in [2.05, 4.69) is 19.4 Å². The highest BCUT2D eigenvalue weighted by atomic mass is 16.5. The van der Waals surface area contributed by atoms with Crippen LogP contribution >= 0.6 is 0 Å². The zero-order valence-electron chi connectivity index (χ0n) is 7.86. The summed E-state index contributed by atoms with van der Waals surface area (Å²) in [6.45, 7) is 0. The van der Waals surface area contributed by atoms with Gasteiger partial charge in [-0.15, -0.1) is 5.26 Å². The average Bonchev–Trinajstić information content (AvgIpc) is 2.28. The van der Waals surface area contributed by atoms with E-state index in [1.165, 1.54) is 12.4 Å². The van der Waals surface area contributed by atoms with Gasteiger partial charge in [0.05, 0.1) is 0 Å². The lowest BCUT2D eigenvalue weighted by Gasteiger charge is -1.96. The van der Waals surface area contributed by atoms with E-state index in [9.17, 15) is 9.59 Å². The Hall–Kier alpha value is -2.75. The van der Waals surface area contributed by atoms with Crippen LogP contribution in [0, 0.1) is 11.5 Å². The van der Waals surface area contributed by atoms with Crippen molar-refractivity contribution in [2.75, 3.05) is 0 Å². The van der Waals surface area contributed by atoms with Gasteiger partial charge in [-0.3, -0.25) is 0 Å². The van der Waals surface area contributed by atoms with Gasteiger partial charge in [0.15, 0.2) is 0 Å². The first-order chi connectivity index (χ1) is 7.72. The van der Waals surface area contributed by atoms with Gasteiger partial charge in [0.25, 0.3) is 6.26 Å². The molecule has 1 aromatic rings. The molecule has 0 N–H and O–H groups in total. The van der Waals surface area contributed by atoms with Crippen LogP contribution in [-0.4, -0.2) is 21.9 Å². The highest BCUT2D eigenvalue weighted by Crippen LogP contribution is 1.98. The van der Waals surface area contributed by atoms with E-state index >= 15 is 0 Å². The van der Waals surface area contributed by atoms with Gasteiger partial charge in [-0.05, 0) is 6.07 Å². The number of hydrogen-bond donors (Lipinski definition) is 0. The fourth-order valence-electron chi connectivity index (χ4n) is 0.677. The number of aromatic nitrogens is 2. The molecule has 1 heterocycles. The summed E-state index contributed by atoms with van der Waals surface area (Å²) in [6.07, 6.45) is 5.51. The molecule has 0 aromatic carbocycles. The van der Waals surface area contributed by atoms with Crippen molar-refractivity contribution in [1.29, 1.82) is 5.26 Å². The molecule has 0 atom stereocenters. The fourth-order valence-corrected chi connectivity index (χ4v) is 0.677. The molecule has 0 unspecified atom stereocenters. The maximum absolute atomic E-state index is 11.0. The van der Waals surface area contributed by atoms with Gasteiger partial charge in [0.2, 0.25) is 0 Å². The summed E-state index contributed by atoms with van der Waals surface area (Å²) in [6, 6.07) is 1.42. The Bertz CT molecular complexity index is 450. The van der Waals surface area contributed by atoms with E-state index in [0.29, 0.717) is 0 Å². The number of hydrogen-bond acceptors (Lipinski definition) is 7. The molecule has 0 aliphatic rings. The van der Waals surface area contributed by atoms with Crippen molar-refractivity contribution in [3.05, 3.63) is 30.6 Å². The minimum Gasteiger partial charge on any atom is -0.388 e. The fraction of sp³-hybridized carbons (Fsp3) is 0. The predicted molar refractivity (Wildman–Crippen MR) is 48.5 cm³/mol.